The maximum Gasteiger partial charge on any atom is 0.320 e. The van der Waals surface area contributed by atoms with Gasteiger partial charge in [0.1, 0.15) is 5.88 Å². The summed E-state index contributed by atoms with van der Waals surface area (Å²) in [5, 5.41) is 43.1. The third-order valence-corrected chi connectivity index (χ3v) is 22.4. The van der Waals surface area contributed by atoms with Gasteiger partial charge in [-0.25, -0.2) is 0 Å². The molecule has 0 amide bonds. The Morgan fingerprint density at radius 3 is 0.945 bits per heavy atom. The minimum atomic E-state index is -0.357. The Kier molecular flexibility index (Phi) is 35.7. The van der Waals surface area contributed by atoms with Crippen LogP contribution < -0.4 is 0 Å². The highest BCUT2D eigenvalue weighted by Crippen LogP contribution is 2.48. The van der Waals surface area contributed by atoms with Crippen molar-refractivity contribution < 1.29 is 38.1 Å². The fourth-order valence-corrected chi connectivity index (χ4v) is 16.8. The van der Waals surface area contributed by atoms with Crippen LogP contribution in [0.15, 0.2) is 180 Å². The molecule has 4 heterocycles. The highest BCUT2D eigenvalue weighted by Gasteiger charge is 2.30. The molecule has 0 atom stereocenters. The zero-order chi connectivity index (χ0) is 75.0. The minimum absolute atomic E-state index is 0. The molecule has 0 unspecified atom stereocenters. The predicted octanol–water partition coefficient (Wildman–Crippen LogP) is 22.8. The van der Waals surface area contributed by atoms with Crippen molar-refractivity contribution in [2.75, 3.05) is 49.6 Å². The molecule has 8 aromatic carbocycles. The summed E-state index contributed by atoms with van der Waals surface area (Å²) in [5.74, 6) is 2.24. The molecule has 4 fully saturated rings. The number of aromatic nitrogens is 12. The lowest BCUT2D eigenvalue weighted by molar-refractivity contribution is -0.140. The number of nitrogens with one attached hydrogen (secondary N) is 1. The van der Waals surface area contributed by atoms with E-state index >= 15 is 0 Å². The maximum atomic E-state index is 11.7. The quantitative estimate of drug-likeness (QED) is 0.0180. The fraction of sp³-hybridized carbons (Fsp3) is 0.350. The van der Waals surface area contributed by atoms with Crippen molar-refractivity contribution in [3.05, 3.63) is 196 Å². The van der Waals surface area contributed by atoms with E-state index in [1.165, 1.54) is 129 Å². The van der Waals surface area contributed by atoms with E-state index in [9.17, 15) is 19.2 Å². The molecule has 4 aliphatic rings. The summed E-state index contributed by atoms with van der Waals surface area (Å²) in [4.78, 5) is 43.6. The first-order valence-corrected chi connectivity index (χ1v) is 42.0. The highest BCUT2D eigenvalue weighted by molar-refractivity contribution is 9.11. The normalized spacial score (nSPS) is 13.0. The summed E-state index contributed by atoms with van der Waals surface area (Å²) in [5.41, 5.74) is 9.91. The molecule has 0 bridgehead atoms. The second-order valence-corrected chi connectivity index (χ2v) is 30.8. The first-order chi connectivity index (χ1) is 51.5. The molecule has 0 spiro atoms. The topological polar surface area (TPSA) is 231 Å². The maximum absolute atomic E-state index is 11.7. The van der Waals surface area contributed by atoms with Crippen LogP contribution in [-0.2, 0) is 38.1 Å². The summed E-state index contributed by atoms with van der Waals surface area (Å²) < 4.78 is 30.6. The number of thioether (sulfide) groups is 2. The average molecular weight is 1910 g/mol. The van der Waals surface area contributed by atoms with Crippen molar-refractivity contribution in [3.8, 4) is 22.7 Å². The number of ether oxygens (including phenoxy) is 4. The summed E-state index contributed by atoms with van der Waals surface area (Å²) in [6, 6.07) is 51.4. The van der Waals surface area contributed by atoms with E-state index in [-0.39, 0.29) is 76.7 Å². The number of carbonyl (C=O) groups excluding carboxylic acids is 4. The zero-order valence-corrected chi connectivity index (χ0v) is 70.1. The molecule has 4 saturated carbocycles. The monoisotopic (exact) mass is 1900 g/mol. The number of thiol groups is 1. The Hall–Kier alpha value is -6.80. The van der Waals surface area contributed by atoms with E-state index in [1.54, 1.807) is 27.7 Å². The number of rotatable bonds is 20. The Labute approximate surface area is 708 Å². The Balaban J connectivity index is 0.000000191. The summed E-state index contributed by atoms with van der Waals surface area (Å²) >= 11 is 34.1. The number of halogens is 6. The standard InChI is InChI=1S/2C19H18BrN3O2S.C15H11Br2N3.C15H12BrN3S.C4H7ClO2.C4H8O2S.4CH4/c2*1-2-25-17(24)11-26-19-22-21-18(20)23(19)16-10-9-13(12-7-8-12)14-5-3-4-6-15(14)16;16-14-18-19-15(17)20(14)13-8-7-10(9-5-6-9)11-3-1-2-4-12(11)13;16-14-17-18-15(20)19(14)13-8-7-10(9-5-6-9)11-3-1-2-4-12(11)13;1-2-7-4(6)3-5;1-2-6-4(5)3-7;;;;/h2*3-6,9-10,12H,2,7-8,11H2,1H3;1-4,7-9H,5-6H2;1-4,7-9H,5-6H2,(H,18,20);2-3H2,1H3;7H,2-3H2,1H3;4*1H4. The van der Waals surface area contributed by atoms with Crippen molar-refractivity contribution in [2.24, 2.45) is 0 Å². The van der Waals surface area contributed by atoms with Crippen molar-refractivity contribution in [2.45, 2.75) is 143 Å². The van der Waals surface area contributed by atoms with Crippen molar-refractivity contribution >= 4 is 207 Å². The molecular formula is C80H90Br5ClN12O8S4. The van der Waals surface area contributed by atoms with Crippen molar-refractivity contribution in [1.29, 1.82) is 0 Å². The summed E-state index contributed by atoms with van der Waals surface area (Å²) in [7, 11) is 0. The third-order valence-electron chi connectivity index (χ3n) is 17.3. The Morgan fingerprint density at radius 1 is 0.409 bits per heavy atom. The van der Waals surface area contributed by atoms with Gasteiger partial charge in [-0.1, -0.05) is 175 Å². The lowest BCUT2D eigenvalue weighted by Gasteiger charge is -2.13. The number of hydrogen-bond donors (Lipinski definition) is 2. The Morgan fingerprint density at radius 2 is 0.682 bits per heavy atom. The van der Waals surface area contributed by atoms with Gasteiger partial charge >= 0.3 is 23.9 Å². The van der Waals surface area contributed by atoms with E-state index in [2.05, 4.69) is 276 Å². The molecular weight excluding hydrogens is 1820 g/mol. The van der Waals surface area contributed by atoms with E-state index in [1.807, 2.05) is 30.4 Å². The lowest BCUT2D eigenvalue weighted by atomic mass is 9.99. The van der Waals surface area contributed by atoms with Crippen LogP contribution in [0.25, 0.3) is 65.8 Å². The second kappa shape index (κ2) is 43.5. The number of alkyl halides is 1. The molecule has 20 nitrogen and oxygen atoms in total. The van der Waals surface area contributed by atoms with Crippen LogP contribution >= 0.6 is 140 Å². The number of fused-ring (bicyclic) bond motifs is 4. The van der Waals surface area contributed by atoms with Gasteiger partial charge in [0.25, 0.3) is 0 Å². The molecule has 4 aromatic heterocycles. The molecule has 30 heteroatoms. The minimum Gasteiger partial charge on any atom is -0.465 e. The molecule has 0 saturated heterocycles. The van der Waals surface area contributed by atoms with Gasteiger partial charge in [0, 0.05) is 21.5 Å². The van der Waals surface area contributed by atoms with Gasteiger partial charge in [-0.05, 0) is 263 Å². The number of nitrogens with zero attached hydrogens (tertiary/aromatic N) is 11. The van der Waals surface area contributed by atoms with Crippen LogP contribution in [0.3, 0.4) is 0 Å². The van der Waals surface area contributed by atoms with Crippen molar-refractivity contribution in [1.82, 2.24) is 59.1 Å². The smallest absolute Gasteiger partial charge is 0.320 e. The van der Waals surface area contributed by atoms with Gasteiger partial charge in [-0.15, -0.1) is 47.3 Å². The van der Waals surface area contributed by atoms with Gasteiger partial charge in [0.05, 0.1) is 66.4 Å². The molecule has 0 aliphatic heterocycles. The van der Waals surface area contributed by atoms with Crippen LogP contribution in [0, 0.1) is 4.77 Å². The van der Waals surface area contributed by atoms with Gasteiger partial charge in [0.15, 0.2) is 10.3 Å². The molecule has 0 radical (unpaired) electrons. The van der Waals surface area contributed by atoms with Crippen molar-refractivity contribution in [3.63, 3.8) is 0 Å². The van der Waals surface area contributed by atoms with Gasteiger partial charge in [-0.2, -0.15) is 12.6 Å². The number of hydrogen-bond acceptors (Lipinski definition) is 19. The number of esters is 4. The van der Waals surface area contributed by atoms with E-state index < -0.39 is 0 Å². The predicted molar refractivity (Wildman–Crippen MR) is 469 cm³/mol. The molecule has 584 valence electrons. The van der Waals surface area contributed by atoms with Crippen LogP contribution in [-0.4, -0.2) is 133 Å². The summed E-state index contributed by atoms with van der Waals surface area (Å²) in [6.45, 7) is 8.72. The lowest BCUT2D eigenvalue weighted by Crippen LogP contribution is -2.08. The zero-order valence-electron chi connectivity index (χ0n) is 58.1. The van der Waals surface area contributed by atoms with Crippen LogP contribution in [0.5, 0.6) is 0 Å². The van der Waals surface area contributed by atoms with Crippen LogP contribution in [0.2, 0.25) is 0 Å². The average Bonchev–Trinajstić information content (AvgIpc) is 1.49. The van der Waals surface area contributed by atoms with E-state index in [4.69, 9.17) is 33.3 Å². The second-order valence-electron chi connectivity index (χ2n) is 24.4. The van der Waals surface area contributed by atoms with Gasteiger partial charge in [-0.3, -0.25) is 42.5 Å². The molecule has 1 N–H and O–H groups in total. The molecule has 110 heavy (non-hydrogen) atoms. The van der Waals surface area contributed by atoms with E-state index in [0.717, 1.165) is 45.4 Å². The van der Waals surface area contributed by atoms with Crippen LogP contribution in [0.4, 0.5) is 0 Å². The van der Waals surface area contributed by atoms with Gasteiger partial charge in [0.2, 0.25) is 28.4 Å². The molecule has 16 rings (SSSR count). The first-order valence-electron chi connectivity index (χ1n) is 34.4. The van der Waals surface area contributed by atoms with Gasteiger partial charge < -0.3 is 18.9 Å². The molecule has 12 aromatic rings. The third kappa shape index (κ3) is 22.8. The number of H-pyrrole nitrogens is 1. The molecule has 4 aliphatic carbocycles. The number of benzene rings is 8. The first kappa shape index (κ1) is 90.4. The summed E-state index contributed by atoms with van der Waals surface area (Å²) in [6.07, 6.45) is 10.3. The SMILES string of the molecule is Brc1nnc(Br)n1-c1ccc(C2CC2)c2ccccc12.C.C.C.C.CCOC(=O)CCl.CCOC(=O)CS.CCOC(=O)CSc1nnc(Br)n1-c1ccc(C2CC2)c2ccccc12.CCOC(=O)CSc1nnc(Br)n1-c1ccc(C2CC2)c2ccccc12.S=c1[nH]nc(Br)n1-c1ccc(C2CC2)c2ccccc12. The number of aromatic amines is 1. The Bertz CT molecular complexity index is 4990. The largest absolute Gasteiger partial charge is 0.465 e. The highest BCUT2D eigenvalue weighted by atomic mass is 79.9. The number of carbonyl (C=O) groups is 4. The van der Waals surface area contributed by atoms with Crippen LogP contribution in [0.1, 0.15) is 155 Å². The fourth-order valence-electron chi connectivity index (χ4n) is 12.1. The van der Waals surface area contributed by atoms with E-state index in [0.29, 0.717) is 77.0 Å².